The van der Waals surface area contributed by atoms with E-state index in [0.29, 0.717) is 19.3 Å². The van der Waals surface area contributed by atoms with E-state index < -0.39 is 6.10 Å². The van der Waals surface area contributed by atoms with Crippen LogP contribution >= 0.6 is 0 Å². The Morgan fingerprint density at radius 1 is 0.273 bits per heavy atom. The third-order valence-corrected chi connectivity index (χ3v) is 14.7. The SMILES string of the molecule is CC/C=C\C/C=C\C/C=C\CCCCCCCCCC(=O)OCC(COC(=O)CCCCCCCCCC/C=C\C/C=C\C/C=C\CCCCCCC)OC(=O)CCCCCCCCCCCCCCCCCCCCC. The molecule has 0 aliphatic carbocycles. The van der Waals surface area contributed by atoms with Gasteiger partial charge in [-0.3, -0.25) is 14.4 Å². The first-order valence-electron chi connectivity index (χ1n) is 33.4. The maximum Gasteiger partial charge on any atom is 0.306 e. The van der Waals surface area contributed by atoms with Gasteiger partial charge in [0.15, 0.2) is 6.10 Å². The van der Waals surface area contributed by atoms with Gasteiger partial charge in [0.2, 0.25) is 0 Å². The zero-order valence-electron chi connectivity index (χ0n) is 51.2. The molecule has 6 heteroatoms. The molecule has 0 aliphatic heterocycles. The number of unbranched alkanes of at least 4 members (excludes halogenated alkanes) is 38. The highest BCUT2D eigenvalue weighted by Crippen LogP contribution is 2.17. The number of rotatable bonds is 61. The number of hydrogen-bond donors (Lipinski definition) is 0. The fourth-order valence-corrected chi connectivity index (χ4v) is 9.70. The van der Waals surface area contributed by atoms with Gasteiger partial charge in [0.25, 0.3) is 0 Å². The van der Waals surface area contributed by atoms with Crippen LogP contribution in [0.3, 0.4) is 0 Å². The second kappa shape index (κ2) is 65.4. The fraction of sp³-hybridized carbons (Fsp3) is 0.789. The smallest absolute Gasteiger partial charge is 0.306 e. The molecule has 0 amide bonds. The van der Waals surface area contributed by atoms with E-state index in [9.17, 15) is 14.4 Å². The summed E-state index contributed by atoms with van der Waals surface area (Å²) in [7, 11) is 0. The van der Waals surface area contributed by atoms with Gasteiger partial charge in [-0.15, -0.1) is 0 Å². The Morgan fingerprint density at radius 2 is 0.506 bits per heavy atom. The van der Waals surface area contributed by atoms with Crippen molar-refractivity contribution in [3.63, 3.8) is 0 Å². The molecule has 0 radical (unpaired) electrons. The van der Waals surface area contributed by atoms with Crippen molar-refractivity contribution in [2.24, 2.45) is 0 Å². The Bertz CT molecular complexity index is 1420. The van der Waals surface area contributed by atoms with Gasteiger partial charge in [0, 0.05) is 19.3 Å². The van der Waals surface area contributed by atoms with E-state index in [1.165, 1.54) is 199 Å². The maximum absolute atomic E-state index is 12.9. The molecule has 446 valence electrons. The topological polar surface area (TPSA) is 78.9 Å². The van der Waals surface area contributed by atoms with Crippen LogP contribution < -0.4 is 0 Å². The van der Waals surface area contributed by atoms with Gasteiger partial charge in [0.1, 0.15) is 13.2 Å². The van der Waals surface area contributed by atoms with Crippen molar-refractivity contribution in [3.8, 4) is 0 Å². The van der Waals surface area contributed by atoms with Crippen molar-refractivity contribution in [2.45, 2.75) is 348 Å². The van der Waals surface area contributed by atoms with Gasteiger partial charge in [-0.1, -0.05) is 306 Å². The van der Waals surface area contributed by atoms with E-state index in [4.69, 9.17) is 14.2 Å². The summed E-state index contributed by atoms with van der Waals surface area (Å²) in [6.45, 7) is 6.56. The lowest BCUT2D eigenvalue weighted by atomic mass is 10.0. The summed E-state index contributed by atoms with van der Waals surface area (Å²) < 4.78 is 17.0. The summed E-state index contributed by atoms with van der Waals surface area (Å²) in [5.74, 6) is -0.876. The lowest BCUT2D eigenvalue weighted by Gasteiger charge is -2.18. The lowest BCUT2D eigenvalue weighted by Crippen LogP contribution is -2.30. The van der Waals surface area contributed by atoms with Gasteiger partial charge in [-0.2, -0.15) is 0 Å². The third-order valence-electron chi connectivity index (χ3n) is 14.7. The Kier molecular flexibility index (Phi) is 62.7. The molecular formula is C71H126O6. The fourth-order valence-electron chi connectivity index (χ4n) is 9.70. The Morgan fingerprint density at radius 3 is 0.792 bits per heavy atom. The highest BCUT2D eigenvalue weighted by atomic mass is 16.6. The molecule has 0 aromatic heterocycles. The average Bonchev–Trinajstić information content (AvgIpc) is 3.43. The Labute approximate surface area is 478 Å². The quantitative estimate of drug-likeness (QED) is 0.0261. The predicted molar refractivity (Wildman–Crippen MR) is 335 cm³/mol. The molecule has 0 spiro atoms. The molecule has 0 N–H and O–H groups in total. The van der Waals surface area contributed by atoms with E-state index >= 15 is 0 Å². The highest BCUT2D eigenvalue weighted by molar-refractivity contribution is 5.71. The highest BCUT2D eigenvalue weighted by Gasteiger charge is 2.19. The summed E-state index contributed by atoms with van der Waals surface area (Å²) in [4.78, 5) is 38.4. The second-order valence-electron chi connectivity index (χ2n) is 22.4. The van der Waals surface area contributed by atoms with Crippen LogP contribution in [0.5, 0.6) is 0 Å². The van der Waals surface area contributed by atoms with Gasteiger partial charge in [0.05, 0.1) is 0 Å². The molecule has 0 rings (SSSR count). The molecule has 0 saturated heterocycles. The van der Waals surface area contributed by atoms with Crippen LogP contribution in [0.4, 0.5) is 0 Å². The summed E-state index contributed by atoms with van der Waals surface area (Å²) in [5.41, 5.74) is 0. The van der Waals surface area contributed by atoms with Crippen LogP contribution in [0.1, 0.15) is 342 Å². The zero-order chi connectivity index (χ0) is 55.7. The largest absolute Gasteiger partial charge is 0.462 e. The number of allylic oxidation sites excluding steroid dienone is 12. The van der Waals surface area contributed by atoms with Crippen LogP contribution in [-0.2, 0) is 28.6 Å². The number of carbonyl (C=O) groups is 3. The Hall–Kier alpha value is -3.15. The molecular weight excluding hydrogens is 949 g/mol. The number of hydrogen-bond acceptors (Lipinski definition) is 6. The van der Waals surface area contributed by atoms with Crippen molar-refractivity contribution < 1.29 is 28.6 Å². The van der Waals surface area contributed by atoms with E-state index in [-0.39, 0.29) is 31.1 Å². The molecule has 0 aromatic rings. The summed E-state index contributed by atoms with van der Waals surface area (Å²) in [6, 6.07) is 0. The number of ether oxygens (including phenoxy) is 3. The minimum absolute atomic E-state index is 0.0797. The van der Waals surface area contributed by atoms with Crippen molar-refractivity contribution in [1.82, 2.24) is 0 Å². The monoisotopic (exact) mass is 1070 g/mol. The van der Waals surface area contributed by atoms with E-state index in [0.717, 1.165) is 103 Å². The van der Waals surface area contributed by atoms with Gasteiger partial charge >= 0.3 is 17.9 Å². The number of carbonyl (C=O) groups excluding carboxylic acids is 3. The molecule has 0 aromatic carbocycles. The molecule has 0 heterocycles. The molecule has 0 saturated carbocycles. The van der Waals surface area contributed by atoms with Crippen molar-refractivity contribution >= 4 is 17.9 Å². The standard InChI is InChI=1S/C71H126O6/c1-4-7-10-13-16-19-22-25-28-31-33-34-35-36-38-40-43-46-49-52-55-58-61-64-70(73)76-67-68(66-75-69(72)63-60-57-54-51-48-45-42-39-30-27-24-21-18-15-12-9-6-3)77-71(74)65-62-59-56-53-50-47-44-41-37-32-29-26-23-20-17-14-11-8-5-2/h9,12,18,21-22,25,27,30-31,33,35-36,68H,4-8,10-11,13-17,19-20,23-24,26,28-29,32,34,37-67H2,1-3H3/b12-9-,21-18-,25-22-,30-27-,33-31-,36-35-. The van der Waals surface area contributed by atoms with Crippen LogP contribution in [-0.4, -0.2) is 37.2 Å². The van der Waals surface area contributed by atoms with Gasteiger partial charge < -0.3 is 14.2 Å². The van der Waals surface area contributed by atoms with Crippen molar-refractivity contribution in [3.05, 3.63) is 72.9 Å². The number of esters is 3. The minimum Gasteiger partial charge on any atom is -0.462 e. The molecule has 0 bridgehead atoms. The van der Waals surface area contributed by atoms with E-state index in [2.05, 4.69) is 93.7 Å². The summed E-state index contributed by atoms with van der Waals surface area (Å²) in [5, 5.41) is 0. The Balaban J connectivity index is 4.36. The van der Waals surface area contributed by atoms with Crippen LogP contribution in [0, 0.1) is 0 Å². The molecule has 0 fully saturated rings. The molecule has 6 nitrogen and oxygen atoms in total. The van der Waals surface area contributed by atoms with E-state index in [1.807, 2.05) is 0 Å². The molecule has 1 atom stereocenters. The van der Waals surface area contributed by atoms with Crippen LogP contribution in [0.15, 0.2) is 72.9 Å². The third kappa shape index (κ3) is 63.6. The van der Waals surface area contributed by atoms with Crippen molar-refractivity contribution in [1.29, 1.82) is 0 Å². The average molecular weight is 1080 g/mol. The van der Waals surface area contributed by atoms with Crippen LogP contribution in [0.2, 0.25) is 0 Å². The van der Waals surface area contributed by atoms with Gasteiger partial charge in [-0.05, 0) is 89.9 Å². The summed E-state index contributed by atoms with van der Waals surface area (Å²) >= 11 is 0. The first-order chi connectivity index (χ1) is 38.0. The first-order valence-corrected chi connectivity index (χ1v) is 33.4. The maximum atomic E-state index is 12.9. The predicted octanol–water partition coefficient (Wildman–Crippen LogP) is 22.9. The molecule has 1 unspecified atom stereocenters. The minimum atomic E-state index is -0.783. The zero-order valence-corrected chi connectivity index (χ0v) is 51.2. The first kappa shape index (κ1) is 73.8. The normalized spacial score (nSPS) is 12.5. The molecule has 0 aliphatic rings. The van der Waals surface area contributed by atoms with E-state index in [1.54, 1.807) is 0 Å². The lowest BCUT2D eigenvalue weighted by molar-refractivity contribution is -0.167. The van der Waals surface area contributed by atoms with Crippen LogP contribution in [0.25, 0.3) is 0 Å². The van der Waals surface area contributed by atoms with Crippen molar-refractivity contribution in [2.75, 3.05) is 13.2 Å². The molecule has 77 heavy (non-hydrogen) atoms. The second-order valence-corrected chi connectivity index (χ2v) is 22.4. The van der Waals surface area contributed by atoms with Gasteiger partial charge in [-0.25, -0.2) is 0 Å². The summed E-state index contributed by atoms with van der Waals surface area (Å²) in [6.07, 6.45) is 84.8.